The van der Waals surface area contributed by atoms with E-state index in [0.717, 1.165) is 5.92 Å². The second-order valence-electron chi connectivity index (χ2n) is 5.73. The maximum Gasteiger partial charge on any atom is 0.00760 e. The Kier molecular flexibility index (Phi) is 4.22. The van der Waals surface area contributed by atoms with Crippen molar-refractivity contribution in [3.05, 3.63) is 35.4 Å². The topological polar surface area (TPSA) is 26.0 Å². The first kappa shape index (κ1) is 12.6. The molecule has 0 fully saturated rings. The van der Waals surface area contributed by atoms with Gasteiger partial charge in [-0.05, 0) is 42.2 Å². The van der Waals surface area contributed by atoms with Crippen molar-refractivity contribution in [2.24, 2.45) is 17.6 Å². The lowest BCUT2D eigenvalue weighted by atomic mass is 9.88. The SMILES string of the molecule is CCCC(C)CC(N)C1Cc2ccccc2C1. The molecule has 0 bridgehead atoms. The zero-order valence-electron chi connectivity index (χ0n) is 11.2. The number of hydrogen-bond acceptors (Lipinski definition) is 1. The first-order valence-electron chi connectivity index (χ1n) is 7.03. The Balaban J connectivity index is 1.89. The van der Waals surface area contributed by atoms with E-state index < -0.39 is 0 Å². The standard InChI is InChI=1S/C16H25N/c1-3-6-12(2)9-16(17)15-10-13-7-4-5-8-14(13)11-15/h4-5,7-8,12,15-16H,3,6,9-11,17H2,1-2H3. The molecule has 2 N–H and O–H groups in total. The normalized spacial score (nSPS) is 19.0. The third-order valence-electron chi connectivity index (χ3n) is 4.14. The minimum atomic E-state index is 0.379. The molecule has 0 heterocycles. The third-order valence-corrected chi connectivity index (χ3v) is 4.14. The van der Waals surface area contributed by atoms with Crippen molar-refractivity contribution < 1.29 is 0 Å². The summed E-state index contributed by atoms with van der Waals surface area (Å²) in [5.41, 5.74) is 9.44. The highest BCUT2D eigenvalue weighted by Crippen LogP contribution is 2.30. The van der Waals surface area contributed by atoms with Crippen LogP contribution in [0.2, 0.25) is 0 Å². The first-order chi connectivity index (χ1) is 8.20. The van der Waals surface area contributed by atoms with Crippen molar-refractivity contribution in [1.82, 2.24) is 0 Å². The molecule has 0 spiro atoms. The molecule has 0 aliphatic heterocycles. The quantitative estimate of drug-likeness (QED) is 0.824. The van der Waals surface area contributed by atoms with Crippen molar-refractivity contribution in [2.75, 3.05) is 0 Å². The molecule has 0 aromatic heterocycles. The van der Waals surface area contributed by atoms with Crippen molar-refractivity contribution in [3.8, 4) is 0 Å². The van der Waals surface area contributed by atoms with E-state index in [4.69, 9.17) is 5.73 Å². The number of rotatable bonds is 5. The largest absolute Gasteiger partial charge is 0.327 e. The molecule has 2 atom stereocenters. The van der Waals surface area contributed by atoms with Crippen LogP contribution < -0.4 is 5.73 Å². The second-order valence-corrected chi connectivity index (χ2v) is 5.73. The molecule has 0 saturated carbocycles. The van der Waals surface area contributed by atoms with Crippen molar-refractivity contribution in [2.45, 2.75) is 52.0 Å². The zero-order chi connectivity index (χ0) is 12.3. The number of hydrogen-bond donors (Lipinski definition) is 1. The Labute approximate surface area is 105 Å². The van der Waals surface area contributed by atoms with Crippen LogP contribution in [0.5, 0.6) is 0 Å². The summed E-state index contributed by atoms with van der Waals surface area (Å²) in [6, 6.07) is 9.19. The first-order valence-corrected chi connectivity index (χ1v) is 7.03. The summed E-state index contributed by atoms with van der Waals surface area (Å²) in [4.78, 5) is 0. The van der Waals surface area contributed by atoms with Crippen LogP contribution in [0.15, 0.2) is 24.3 Å². The van der Waals surface area contributed by atoms with Crippen LogP contribution in [0.25, 0.3) is 0 Å². The van der Waals surface area contributed by atoms with E-state index >= 15 is 0 Å². The molecule has 0 saturated heterocycles. The lowest BCUT2D eigenvalue weighted by molar-refractivity contribution is 0.349. The fraction of sp³-hybridized carbons (Fsp3) is 0.625. The Morgan fingerprint density at radius 3 is 2.35 bits per heavy atom. The molecule has 2 rings (SSSR count). The van der Waals surface area contributed by atoms with Crippen LogP contribution >= 0.6 is 0 Å². The lowest BCUT2D eigenvalue weighted by Gasteiger charge is -2.22. The molecule has 17 heavy (non-hydrogen) atoms. The van der Waals surface area contributed by atoms with Gasteiger partial charge in [-0.25, -0.2) is 0 Å². The van der Waals surface area contributed by atoms with Gasteiger partial charge in [0.05, 0.1) is 0 Å². The third kappa shape index (κ3) is 3.10. The van der Waals surface area contributed by atoms with E-state index in [2.05, 4.69) is 38.1 Å². The predicted octanol–water partition coefficient (Wildman–Crippen LogP) is 3.56. The van der Waals surface area contributed by atoms with Gasteiger partial charge in [0.1, 0.15) is 0 Å². The summed E-state index contributed by atoms with van der Waals surface area (Å²) in [6.45, 7) is 4.60. The van der Waals surface area contributed by atoms with Gasteiger partial charge in [-0.1, -0.05) is 51.0 Å². The minimum Gasteiger partial charge on any atom is -0.327 e. The van der Waals surface area contributed by atoms with Crippen molar-refractivity contribution in [3.63, 3.8) is 0 Å². The fourth-order valence-electron chi connectivity index (χ4n) is 3.16. The van der Waals surface area contributed by atoms with E-state index in [1.54, 1.807) is 0 Å². The Morgan fingerprint density at radius 2 is 1.82 bits per heavy atom. The average molecular weight is 231 g/mol. The summed E-state index contributed by atoms with van der Waals surface area (Å²) < 4.78 is 0. The molecular formula is C16H25N. The molecule has 1 aromatic carbocycles. The predicted molar refractivity (Wildman–Crippen MR) is 74.0 cm³/mol. The fourth-order valence-corrected chi connectivity index (χ4v) is 3.16. The van der Waals surface area contributed by atoms with Gasteiger partial charge < -0.3 is 5.73 Å². The number of fused-ring (bicyclic) bond motifs is 1. The highest BCUT2D eigenvalue weighted by molar-refractivity contribution is 5.32. The number of nitrogens with two attached hydrogens (primary N) is 1. The Morgan fingerprint density at radius 1 is 1.24 bits per heavy atom. The van der Waals surface area contributed by atoms with Crippen LogP contribution in [-0.2, 0) is 12.8 Å². The molecule has 0 radical (unpaired) electrons. The van der Waals surface area contributed by atoms with Crippen LogP contribution in [-0.4, -0.2) is 6.04 Å². The molecule has 0 amide bonds. The molecule has 1 nitrogen and oxygen atoms in total. The van der Waals surface area contributed by atoms with Gasteiger partial charge in [-0.3, -0.25) is 0 Å². The Bertz CT molecular complexity index is 333. The summed E-state index contributed by atoms with van der Waals surface area (Å²) in [6.07, 6.45) is 6.16. The van der Waals surface area contributed by atoms with E-state index in [9.17, 15) is 0 Å². The van der Waals surface area contributed by atoms with Crippen molar-refractivity contribution >= 4 is 0 Å². The van der Waals surface area contributed by atoms with Crippen LogP contribution in [0.1, 0.15) is 44.2 Å². The minimum absolute atomic E-state index is 0.379. The molecule has 1 heteroatoms. The summed E-state index contributed by atoms with van der Waals surface area (Å²) in [7, 11) is 0. The lowest BCUT2D eigenvalue weighted by Crippen LogP contribution is -2.32. The molecule has 1 aliphatic rings. The van der Waals surface area contributed by atoms with Crippen molar-refractivity contribution in [1.29, 1.82) is 0 Å². The van der Waals surface area contributed by atoms with E-state index in [-0.39, 0.29) is 0 Å². The smallest absolute Gasteiger partial charge is 0.00760 e. The molecule has 2 unspecified atom stereocenters. The summed E-state index contributed by atoms with van der Waals surface area (Å²) in [5, 5.41) is 0. The zero-order valence-corrected chi connectivity index (χ0v) is 11.2. The molecule has 1 aliphatic carbocycles. The van der Waals surface area contributed by atoms with Gasteiger partial charge in [0.2, 0.25) is 0 Å². The molecule has 94 valence electrons. The van der Waals surface area contributed by atoms with Gasteiger partial charge in [0.15, 0.2) is 0 Å². The van der Waals surface area contributed by atoms with Crippen LogP contribution in [0.3, 0.4) is 0 Å². The molecular weight excluding hydrogens is 206 g/mol. The second kappa shape index (κ2) is 5.68. The monoisotopic (exact) mass is 231 g/mol. The maximum atomic E-state index is 6.39. The van der Waals surface area contributed by atoms with E-state index in [1.165, 1.54) is 43.2 Å². The maximum absolute atomic E-state index is 6.39. The van der Waals surface area contributed by atoms with Gasteiger partial charge in [0, 0.05) is 6.04 Å². The van der Waals surface area contributed by atoms with Crippen LogP contribution in [0, 0.1) is 11.8 Å². The highest BCUT2D eigenvalue weighted by Gasteiger charge is 2.26. The average Bonchev–Trinajstić information content (AvgIpc) is 2.72. The summed E-state index contributed by atoms with van der Waals surface area (Å²) in [5.74, 6) is 1.45. The van der Waals surface area contributed by atoms with Gasteiger partial charge in [-0.2, -0.15) is 0 Å². The highest BCUT2D eigenvalue weighted by atomic mass is 14.7. The van der Waals surface area contributed by atoms with Gasteiger partial charge >= 0.3 is 0 Å². The van der Waals surface area contributed by atoms with Crippen LogP contribution in [0.4, 0.5) is 0 Å². The van der Waals surface area contributed by atoms with E-state index in [0.29, 0.717) is 12.0 Å². The summed E-state index contributed by atoms with van der Waals surface area (Å²) >= 11 is 0. The Hall–Kier alpha value is -0.820. The van der Waals surface area contributed by atoms with Gasteiger partial charge in [0.25, 0.3) is 0 Å². The van der Waals surface area contributed by atoms with Gasteiger partial charge in [-0.15, -0.1) is 0 Å². The number of benzene rings is 1. The van der Waals surface area contributed by atoms with E-state index in [1.807, 2.05) is 0 Å². The molecule has 1 aromatic rings.